The normalized spacial score (nSPS) is 17.3. The van der Waals surface area contributed by atoms with Crippen molar-refractivity contribution in [3.63, 3.8) is 0 Å². The number of carbonyl (C=O) groups excluding carboxylic acids is 1. The lowest BCUT2D eigenvalue weighted by atomic mass is 9.76. The number of carbonyl (C=O) groups is 1. The molecule has 2 aliphatic rings. The highest BCUT2D eigenvalue weighted by molar-refractivity contribution is 6.07. The molecule has 0 saturated heterocycles. The molecular weight excluding hydrogens is 426 g/mol. The number of methoxy groups -OCH3 is 1. The van der Waals surface area contributed by atoms with Crippen LogP contribution in [0, 0.1) is 0 Å². The first-order valence-corrected chi connectivity index (χ1v) is 12.2. The van der Waals surface area contributed by atoms with E-state index in [4.69, 9.17) is 4.74 Å². The Kier molecular flexibility index (Phi) is 6.13. The van der Waals surface area contributed by atoms with E-state index >= 15 is 0 Å². The van der Waals surface area contributed by atoms with Crippen LogP contribution in [0.3, 0.4) is 0 Å². The molecule has 1 aliphatic heterocycles. The molecule has 1 fully saturated rings. The zero-order chi connectivity index (χ0) is 23.7. The van der Waals surface area contributed by atoms with Gasteiger partial charge in [-0.25, -0.2) is 4.68 Å². The molecule has 2 aromatic carbocycles. The maximum Gasteiger partial charge on any atom is 0.278 e. The molecule has 0 radical (unpaired) electrons. The molecule has 34 heavy (non-hydrogen) atoms. The lowest BCUT2D eigenvalue weighted by Gasteiger charge is -2.32. The van der Waals surface area contributed by atoms with Crippen molar-refractivity contribution >= 4 is 11.6 Å². The fourth-order valence-electron chi connectivity index (χ4n) is 5.46. The molecule has 7 heteroatoms. The summed E-state index contributed by atoms with van der Waals surface area (Å²) in [5.41, 5.74) is 4.69. The van der Waals surface area contributed by atoms with Gasteiger partial charge in [0.1, 0.15) is 5.75 Å². The summed E-state index contributed by atoms with van der Waals surface area (Å²) in [4.78, 5) is 17.7. The van der Waals surface area contributed by atoms with Gasteiger partial charge in [0.15, 0.2) is 5.69 Å². The fraction of sp³-hybridized carbons (Fsp3) is 0.444. The largest absolute Gasteiger partial charge is 0.497 e. The van der Waals surface area contributed by atoms with E-state index in [9.17, 15) is 4.79 Å². The van der Waals surface area contributed by atoms with Crippen LogP contribution < -0.4 is 9.64 Å². The van der Waals surface area contributed by atoms with Gasteiger partial charge in [0.25, 0.3) is 5.91 Å². The van der Waals surface area contributed by atoms with Gasteiger partial charge in [0.05, 0.1) is 18.5 Å². The number of rotatable bonds is 7. The highest BCUT2D eigenvalue weighted by atomic mass is 16.5. The summed E-state index contributed by atoms with van der Waals surface area (Å²) < 4.78 is 6.90. The highest BCUT2D eigenvalue weighted by Crippen LogP contribution is 2.44. The van der Waals surface area contributed by atoms with E-state index in [1.165, 1.54) is 37.7 Å². The van der Waals surface area contributed by atoms with Gasteiger partial charge in [-0.15, -0.1) is 5.10 Å². The Balaban J connectivity index is 1.40. The van der Waals surface area contributed by atoms with Crippen LogP contribution in [-0.2, 0) is 11.8 Å². The van der Waals surface area contributed by atoms with Crippen molar-refractivity contribution < 1.29 is 9.53 Å². The first-order valence-electron chi connectivity index (χ1n) is 12.2. The lowest BCUT2D eigenvalue weighted by molar-refractivity contribution is 0.0973. The number of nitrogens with zero attached hydrogens (tertiary/aromatic N) is 5. The van der Waals surface area contributed by atoms with Crippen molar-refractivity contribution in [2.75, 3.05) is 39.2 Å². The maximum atomic E-state index is 13.6. The predicted molar refractivity (Wildman–Crippen MR) is 133 cm³/mol. The van der Waals surface area contributed by atoms with Crippen molar-refractivity contribution in [3.8, 4) is 11.4 Å². The summed E-state index contributed by atoms with van der Waals surface area (Å²) in [5.74, 6) is 0.703. The molecule has 3 aromatic rings. The number of amides is 1. The summed E-state index contributed by atoms with van der Waals surface area (Å²) in [5, 5.41) is 8.58. The van der Waals surface area contributed by atoms with Gasteiger partial charge in [-0.05, 0) is 87.3 Å². The smallest absolute Gasteiger partial charge is 0.278 e. The van der Waals surface area contributed by atoms with E-state index in [2.05, 4.69) is 53.6 Å². The molecular formula is C27H33N5O2. The number of aromatic nitrogens is 3. The van der Waals surface area contributed by atoms with Crippen molar-refractivity contribution in [1.29, 1.82) is 0 Å². The molecule has 2 heterocycles. The minimum atomic E-state index is -0.0574. The van der Waals surface area contributed by atoms with E-state index in [1.54, 1.807) is 11.8 Å². The molecule has 1 aromatic heterocycles. The second-order valence-electron chi connectivity index (χ2n) is 9.79. The van der Waals surface area contributed by atoms with Crippen LogP contribution in [0.2, 0.25) is 0 Å². The number of benzene rings is 2. The quantitative estimate of drug-likeness (QED) is 0.529. The summed E-state index contributed by atoms with van der Waals surface area (Å²) in [6.45, 7) is 1.70. The average molecular weight is 460 g/mol. The van der Waals surface area contributed by atoms with Crippen LogP contribution >= 0.6 is 0 Å². The first-order chi connectivity index (χ1) is 16.5. The van der Waals surface area contributed by atoms with Crippen LogP contribution in [0.15, 0.2) is 48.5 Å². The minimum Gasteiger partial charge on any atom is -0.497 e. The van der Waals surface area contributed by atoms with Gasteiger partial charge in [-0.3, -0.25) is 4.79 Å². The molecule has 178 valence electrons. The van der Waals surface area contributed by atoms with Crippen molar-refractivity contribution in [2.45, 2.75) is 43.9 Å². The Labute approximate surface area is 201 Å². The molecule has 0 unspecified atom stereocenters. The Hall–Kier alpha value is -3.19. The van der Waals surface area contributed by atoms with Gasteiger partial charge in [0, 0.05) is 18.7 Å². The molecule has 0 N–H and O–H groups in total. The minimum absolute atomic E-state index is 0.0574. The number of fused-ring (bicyclic) bond motifs is 1. The second kappa shape index (κ2) is 9.22. The zero-order valence-corrected chi connectivity index (χ0v) is 20.3. The van der Waals surface area contributed by atoms with Crippen molar-refractivity contribution in [2.24, 2.45) is 0 Å². The van der Waals surface area contributed by atoms with Crippen molar-refractivity contribution in [3.05, 3.63) is 65.5 Å². The first kappa shape index (κ1) is 22.6. The second-order valence-corrected chi connectivity index (χ2v) is 9.79. The van der Waals surface area contributed by atoms with Crippen LogP contribution in [0.1, 0.15) is 53.8 Å². The van der Waals surface area contributed by atoms with Crippen LogP contribution in [0.25, 0.3) is 5.69 Å². The zero-order valence-electron chi connectivity index (χ0n) is 20.3. The van der Waals surface area contributed by atoms with Gasteiger partial charge < -0.3 is 14.5 Å². The molecule has 7 nitrogen and oxygen atoms in total. The standard InChI is InChI=1S/C27H33N5O2/c1-30(2)19-17-27(15-4-5-16-27)20-6-8-21(9-7-20)31-18-14-24-25(26(31)33)32(29-28-24)22-10-12-23(34-3)13-11-22/h6-13H,4-5,14-19H2,1-3H3. The SMILES string of the molecule is COc1ccc(-n2nnc3c2C(=O)N(c2ccc(C4(CCN(C)C)CCCC4)cc2)CC3)cc1. The molecule has 1 aliphatic carbocycles. The summed E-state index contributed by atoms with van der Waals surface area (Å²) in [6, 6.07) is 16.2. The van der Waals surface area contributed by atoms with E-state index in [0.717, 1.165) is 29.4 Å². The maximum absolute atomic E-state index is 13.6. The summed E-state index contributed by atoms with van der Waals surface area (Å²) in [6.07, 6.45) is 6.96. The molecule has 0 spiro atoms. The third-order valence-electron chi connectivity index (χ3n) is 7.47. The number of hydrogen-bond donors (Lipinski definition) is 0. The van der Waals surface area contributed by atoms with Crippen LogP contribution in [0.4, 0.5) is 5.69 Å². The predicted octanol–water partition coefficient (Wildman–Crippen LogP) is 4.24. The Bertz CT molecular complexity index is 1140. The molecule has 1 saturated carbocycles. The summed E-state index contributed by atoms with van der Waals surface area (Å²) >= 11 is 0. The monoisotopic (exact) mass is 459 g/mol. The van der Waals surface area contributed by atoms with Gasteiger partial charge in [-0.1, -0.05) is 30.2 Å². The fourth-order valence-corrected chi connectivity index (χ4v) is 5.46. The van der Waals surface area contributed by atoms with Gasteiger partial charge in [-0.2, -0.15) is 0 Å². The highest BCUT2D eigenvalue weighted by Gasteiger charge is 2.36. The van der Waals surface area contributed by atoms with E-state index < -0.39 is 0 Å². The third-order valence-corrected chi connectivity index (χ3v) is 7.47. The van der Waals surface area contributed by atoms with E-state index in [0.29, 0.717) is 18.7 Å². The van der Waals surface area contributed by atoms with Gasteiger partial charge in [0.2, 0.25) is 0 Å². The van der Waals surface area contributed by atoms with E-state index in [1.807, 2.05) is 29.2 Å². The Morgan fingerprint density at radius 2 is 1.68 bits per heavy atom. The Morgan fingerprint density at radius 3 is 2.32 bits per heavy atom. The third kappa shape index (κ3) is 4.09. The number of hydrogen-bond acceptors (Lipinski definition) is 5. The molecule has 0 atom stereocenters. The average Bonchev–Trinajstić information content (AvgIpc) is 3.52. The topological polar surface area (TPSA) is 63.5 Å². The lowest BCUT2D eigenvalue weighted by Crippen LogP contribution is -2.39. The molecule has 0 bridgehead atoms. The Morgan fingerprint density at radius 1 is 1.00 bits per heavy atom. The van der Waals surface area contributed by atoms with Gasteiger partial charge >= 0.3 is 0 Å². The summed E-state index contributed by atoms with van der Waals surface area (Å²) in [7, 11) is 5.93. The number of ether oxygens (including phenoxy) is 1. The molecule has 5 rings (SSSR count). The van der Waals surface area contributed by atoms with Crippen LogP contribution in [-0.4, -0.2) is 60.1 Å². The van der Waals surface area contributed by atoms with Crippen LogP contribution in [0.5, 0.6) is 5.75 Å². The van der Waals surface area contributed by atoms with Crippen molar-refractivity contribution in [1.82, 2.24) is 19.9 Å². The molecule has 1 amide bonds. The number of anilines is 1. The van der Waals surface area contributed by atoms with E-state index in [-0.39, 0.29) is 11.3 Å².